The molecule has 13 heavy (non-hydrogen) atoms. The minimum atomic E-state index is -0.631. The summed E-state index contributed by atoms with van der Waals surface area (Å²) in [5, 5.41) is 10.5. The molecule has 0 bridgehead atoms. The molecule has 0 spiro atoms. The van der Waals surface area contributed by atoms with E-state index >= 15 is 0 Å². The zero-order chi connectivity index (χ0) is 10.3. The number of ether oxygens (including phenoxy) is 1. The highest BCUT2D eigenvalue weighted by Gasteiger charge is 2.02. The molecule has 0 rings (SSSR count). The maximum Gasteiger partial charge on any atom is 0.320 e. The van der Waals surface area contributed by atoms with E-state index in [1.165, 1.54) is 6.92 Å². The van der Waals surface area contributed by atoms with Crippen LogP contribution in [0.3, 0.4) is 0 Å². The maximum absolute atomic E-state index is 10.6. The Morgan fingerprint density at radius 1 is 1.62 bits per heavy atom. The first-order chi connectivity index (χ1) is 6.06. The van der Waals surface area contributed by atoms with E-state index in [9.17, 15) is 9.59 Å². The van der Waals surface area contributed by atoms with Crippen LogP contribution in [0.2, 0.25) is 0 Å². The SMILES string of the molecule is C=C(COC(=O)CC#N)NC(C)=O. The smallest absolute Gasteiger partial charge is 0.320 e. The summed E-state index contributed by atoms with van der Waals surface area (Å²) < 4.78 is 4.57. The highest BCUT2D eigenvalue weighted by atomic mass is 16.5. The minimum absolute atomic E-state index is 0.0971. The van der Waals surface area contributed by atoms with Gasteiger partial charge in [-0.25, -0.2) is 0 Å². The topological polar surface area (TPSA) is 79.2 Å². The molecule has 0 heterocycles. The summed E-state index contributed by atoms with van der Waals surface area (Å²) in [5.74, 6) is -0.907. The van der Waals surface area contributed by atoms with Crippen LogP contribution in [0, 0.1) is 11.3 Å². The molecular formula is C8H10N2O3. The van der Waals surface area contributed by atoms with Crippen molar-refractivity contribution in [2.45, 2.75) is 13.3 Å². The Hall–Kier alpha value is -1.83. The third-order valence-corrected chi connectivity index (χ3v) is 0.984. The van der Waals surface area contributed by atoms with Crippen LogP contribution in [0.1, 0.15) is 13.3 Å². The van der Waals surface area contributed by atoms with E-state index in [2.05, 4.69) is 16.6 Å². The van der Waals surface area contributed by atoms with Gasteiger partial charge in [-0.1, -0.05) is 6.58 Å². The highest BCUT2D eigenvalue weighted by Crippen LogP contribution is 1.90. The lowest BCUT2D eigenvalue weighted by atomic mass is 10.4. The summed E-state index contributed by atoms with van der Waals surface area (Å²) in [6, 6.07) is 1.64. The first kappa shape index (κ1) is 11.2. The normalized spacial score (nSPS) is 8.31. The number of hydrogen-bond acceptors (Lipinski definition) is 4. The van der Waals surface area contributed by atoms with Gasteiger partial charge in [0.15, 0.2) is 0 Å². The van der Waals surface area contributed by atoms with Crippen molar-refractivity contribution in [1.29, 1.82) is 5.26 Å². The van der Waals surface area contributed by atoms with Crippen molar-refractivity contribution in [2.24, 2.45) is 0 Å². The van der Waals surface area contributed by atoms with Gasteiger partial charge in [0.05, 0.1) is 6.07 Å². The average Bonchev–Trinajstić information content (AvgIpc) is 2.00. The van der Waals surface area contributed by atoms with Crippen molar-refractivity contribution in [3.8, 4) is 6.07 Å². The fourth-order valence-corrected chi connectivity index (χ4v) is 0.568. The van der Waals surface area contributed by atoms with Crippen LogP contribution < -0.4 is 5.32 Å². The van der Waals surface area contributed by atoms with Crippen molar-refractivity contribution in [1.82, 2.24) is 5.32 Å². The van der Waals surface area contributed by atoms with Crippen LogP contribution in [0.5, 0.6) is 0 Å². The molecule has 0 aliphatic carbocycles. The quantitative estimate of drug-likeness (QED) is 0.625. The zero-order valence-electron chi connectivity index (χ0n) is 7.29. The molecule has 0 aliphatic heterocycles. The van der Waals surface area contributed by atoms with Crippen LogP contribution in [-0.4, -0.2) is 18.5 Å². The third kappa shape index (κ3) is 6.56. The Kier molecular flexibility index (Phi) is 4.96. The number of esters is 1. The number of nitrogens with one attached hydrogen (secondary N) is 1. The lowest BCUT2D eigenvalue weighted by Crippen LogP contribution is -2.22. The second kappa shape index (κ2) is 5.77. The summed E-state index contributed by atoms with van der Waals surface area (Å²) in [5.41, 5.74) is 0.291. The molecule has 0 atom stereocenters. The average molecular weight is 182 g/mol. The Bertz CT molecular complexity index is 265. The van der Waals surface area contributed by atoms with Gasteiger partial charge >= 0.3 is 5.97 Å². The van der Waals surface area contributed by atoms with E-state index in [-0.39, 0.29) is 18.9 Å². The van der Waals surface area contributed by atoms with Gasteiger partial charge in [0.2, 0.25) is 5.91 Å². The number of amides is 1. The molecule has 5 nitrogen and oxygen atoms in total. The Labute approximate surface area is 76.0 Å². The van der Waals surface area contributed by atoms with E-state index in [1.54, 1.807) is 6.07 Å². The van der Waals surface area contributed by atoms with Crippen molar-refractivity contribution < 1.29 is 14.3 Å². The number of carbonyl (C=O) groups is 2. The fourth-order valence-electron chi connectivity index (χ4n) is 0.568. The largest absolute Gasteiger partial charge is 0.459 e. The second-order valence-corrected chi connectivity index (χ2v) is 2.28. The first-order valence-electron chi connectivity index (χ1n) is 3.54. The molecule has 0 unspecified atom stereocenters. The lowest BCUT2D eigenvalue weighted by Gasteiger charge is -2.05. The summed E-state index contributed by atoms with van der Waals surface area (Å²) >= 11 is 0. The summed E-state index contributed by atoms with van der Waals surface area (Å²) in [6.07, 6.45) is -0.298. The molecule has 0 radical (unpaired) electrons. The molecule has 1 N–H and O–H groups in total. The zero-order valence-corrected chi connectivity index (χ0v) is 7.29. The second-order valence-electron chi connectivity index (χ2n) is 2.28. The van der Waals surface area contributed by atoms with Crippen LogP contribution in [-0.2, 0) is 14.3 Å². The van der Waals surface area contributed by atoms with E-state index in [0.717, 1.165) is 0 Å². The monoisotopic (exact) mass is 182 g/mol. The van der Waals surface area contributed by atoms with Gasteiger partial charge in [0.25, 0.3) is 0 Å². The molecule has 5 heteroatoms. The molecule has 0 aromatic heterocycles. The Balaban J connectivity index is 3.65. The Morgan fingerprint density at radius 3 is 2.69 bits per heavy atom. The van der Waals surface area contributed by atoms with Crippen LogP contribution in [0.25, 0.3) is 0 Å². The van der Waals surface area contributed by atoms with Gasteiger partial charge in [-0.3, -0.25) is 9.59 Å². The van der Waals surface area contributed by atoms with Gasteiger partial charge in [0.1, 0.15) is 13.0 Å². The Morgan fingerprint density at radius 2 is 2.23 bits per heavy atom. The molecule has 0 aliphatic rings. The van der Waals surface area contributed by atoms with Gasteiger partial charge in [-0.2, -0.15) is 5.26 Å². The van der Waals surface area contributed by atoms with Gasteiger partial charge in [0, 0.05) is 12.6 Å². The van der Waals surface area contributed by atoms with E-state index in [4.69, 9.17) is 5.26 Å². The number of carbonyl (C=O) groups excluding carboxylic acids is 2. The van der Waals surface area contributed by atoms with Gasteiger partial charge in [-0.05, 0) is 0 Å². The van der Waals surface area contributed by atoms with E-state index < -0.39 is 5.97 Å². The molecule has 0 aromatic rings. The predicted octanol–water partition coefficient (Wildman–Crippen LogP) is 0.0931. The van der Waals surface area contributed by atoms with Gasteiger partial charge in [-0.15, -0.1) is 0 Å². The van der Waals surface area contributed by atoms with Crippen molar-refractivity contribution in [2.75, 3.05) is 6.61 Å². The molecule has 0 fully saturated rings. The number of nitrogens with zero attached hydrogens (tertiary/aromatic N) is 1. The van der Waals surface area contributed by atoms with E-state index in [1.807, 2.05) is 0 Å². The molecular weight excluding hydrogens is 172 g/mol. The first-order valence-corrected chi connectivity index (χ1v) is 3.54. The van der Waals surface area contributed by atoms with E-state index in [0.29, 0.717) is 5.70 Å². The molecule has 0 saturated carbocycles. The van der Waals surface area contributed by atoms with Crippen LogP contribution >= 0.6 is 0 Å². The number of rotatable bonds is 4. The van der Waals surface area contributed by atoms with Crippen LogP contribution in [0.4, 0.5) is 0 Å². The minimum Gasteiger partial charge on any atom is -0.459 e. The van der Waals surface area contributed by atoms with Crippen LogP contribution in [0.15, 0.2) is 12.3 Å². The van der Waals surface area contributed by atoms with Crippen molar-refractivity contribution in [3.63, 3.8) is 0 Å². The molecule has 1 amide bonds. The standard InChI is InChI=1S/C8H10N2O3/c1-6(10-7(2)11)5-13-8(12)3-4-9/h1,3,5H2,2H3,(H,10,11). The summed E-state index contributed by atoms with van der Waals surface area (Å²) in [7, 11) is 0. The van der Waals surface area contributed by atoms with Gasteiger partial charge < -0.3 is 10.1 Å². The van der Waals surface area contributed by atoms with Crippen molar-refractivity contribution >= 4 is 11.9 Å². The third-order valence-electron chi connectivity index (χ3n) is 0.984. The van der Waals surface area contributed by atoms with Crippen molar-refractivity contribution in [3.05, 3.63) is 12.3 Å². The lowest BCUT2D eigenvalue weighted by molar-refractivity contribution is -0.141. The predicted molar refractivity (Wildman–Crippen MR) is 44.1 cm³/mol. The summed E-state index contributed by atoms with van der Waals surface area (Å²) in [6.45, 7) is 4.66. The maximum atomic E-state index is 10.6. The molecule has 0 saturated heterocycles. The number of hydrogen-bond donors (Lipinski definition) is 1. The molecule has 0 aromatic carbocycles. The summed E-state index contributed by atoms with van der Waals surface area (Å²) in [4.78, 5) is 21.1. The molecule has 70 valence electrons. The fraction of sp³-hybridized carbons (Fsp3) is 0.375. The highest BCUT2D eigenvalue weighted by molar-refractivity contribution is 5.75. The number of nitriles is 1.